The van der Waals surface area contributed by atoms with Gasteiger partial charge in [0.2, 0.25) is 0 Å². The second-order valence-electron chi connectivity index (χ2n) is 5.03. The summed E-state index contributed by atoms with van der Waals surface area (Å²) in [5.41, 5.74) is 1.07. The minimum absolute atomic E-state index is 0.143. The number of nitrogens with zero attached hydrogens (tertiary/aromatic N) is 1. The zero-order valence-corrected chi connectivity index (χ0v) is 11.8. The third-order valence-electron chi connectivity index (χ3n) is 3.45. The molecule has 0 bridgehead atoms. The smallest absolute Gasteiger partial charge is 0.123 e. The highest BCUT2D eigenvalue weighted by molar-refractivity contribution is 9.10. The van der Waals surface area contributed by atoms with Crippen LogP contribution in [0.1, 0.15) is 25.3 Å². The van der Waals surface area contributed by atoms with E-state index in [2.05, 4.69) is 27.8 Å². The summed E-state index contributed by atoms with van der Waals surface area (Å²) in [6.45, 7) is 5.72. The second kappa shape index (κ2) is 5.96. The van der Waals surface area contributed by atoms with Crippen molar-refractivity contribution in [2.24, 2.45) is 5.92 Å². The lowest BCUT2D eigenvalue weighted by Gasteiger charge is -2.30. The van der Waals surface area contributed by atoms with E-state index in [1.807, 2.05) is 0 Å². The Hall–Kier alpha value is -0.410. The van der Waals surface area contributed by atoms with Gasteiger partial charge in [0.1, 0.15) is 5.82 Å². The number of piperidine rings is 1. The molecule has 1 aromatic rings. The number of halogens is 2. The molecule has 0 amide bonds. The van der Waals surface area contributed by atoms with E-state index in [-0.39, 0.29) is 5.82 Å². The van der Waals surface area contributed by atoms with Crippen LogP contribution < -0.4 is 0 Å². The lowest BCUT2D eigenvalue weighted by Crippen LogP contribution is -2.35. The summed E-state index contributed by atoms with van der Waals surface area (Å²) >= 11 is 3.48. The second-order valence-corrected chi connectivity index (χ2v) is 5.89. The van der Waals surface area contributed by atoms with Crippen LogP contribution in [0, 0.1) is 11.7 Å². The molecule has 1 saturated heterocycles. The highest BCUT2D eigenvalue weighted by Gasteiger charge is 2.16. The molecule has 2 rings (SSSR count). The summed E-state index contributed by atoms with van der Waals surface area (Å²) in [6.07, 6.45) is 3.57. The van der Waals surface area contributed by atoms with Gasteiger partial charge in [-0.05, 0) is 55.5 Å². The van der Waals surface area contributed by atoms with E-state index < -0.39 is 0 Å². The van der Waals surface area contributed by atoms with Crippen LogP contribution in [0.25, 0.3) is 0 Å². The molecule has 0 radical (unpaired) electrons. The van der Waals surface area contributed by atoms with E-state index in [1.165, 1.54) is 32.0 Å². The maximum absolute atomic E-state index is 13.1. The Morgan fingerprint density at radius 2 is 2.29 bits per heavy atom. The number of hydrogen-bond donors (Lipinski definition) is 0. The molecular formula is C14H19BrFN. The average molecular weight is 300 g/mol. The van der Waals surface area contributed by atoms with E-state index in [0.29, 0.717) is 0 Å². The van der Waals surface area contributed by atoms with Crippen LogP contribution in [0.5, 0.6) is 0 Å². The first-order chi connectivity index (χ1) is 8.15. The number of likely N-dealkylation sites (tertiary alicyclic amines) is 1. The number of hydrogen-bond acceptors (Lipinski definition) is 1. The van der Waals surface area contributed by atoms with Gasteiger partial charge in [0, 0.05) is 17.6 Å². The molecule has 0 N–H and O–H groups in total. The van der Waals surface area contributed by atoms with E-state index in [4.69, 9.17) is 0 Å². The zero-order chi connectivity index (χ0) is 12.3. The molecule has 1 fully saturated rings. The van der Waals surface area contributed by atoms with Gasteiger partial charge in [-0.15, -0.1) is 0 Å². The quantitative estimate of drug-likeness (QED) is 0.819. The first kappa shape index (κ1) is 13.0. The molecule has 17 heavy (non-hydrogen) atoms. The Bertz CT molecular complexity index is 380. The van der Waals surface area contributed by atoms with Crippen molar-refractivity contribution in [3.05, 3.63) is 34.1 Å². The summed E-state index contributed by atoms with van der Waals surface area (Å²) in [5, 5.41) is 0. The Morgan fingerprint density at radius 3 is 3.06 bits per heavy atom. The van der Waals surface area contributed by atoms with Crippen LogP contribution in [-0.4, -0.2) is 24.5 Å². The molecule has 3 heteroatoms. The van der Waals surface area contributed by atoms with Gasteiger partial charge in [0.05, 0.1) is 0 Å². The van der Waals surface area contributed by atoms with Crippen molar-refractivity contribution in [3.63, 3.8) is 0 Å². The van der Waals surface area contributed by atoms with Crippen molar-refractivity contribution in [2.75, 3.05) is 19.6 Å². The molecule has 1 heterocycles. The van der Waals surface area contributed by atoms with Gasteiger partial charge in [-0.25, -0.2) is 4.39 Å². The fourth-order valence-electron chi connectivity index (χ4n) is 2.50. The van der Waals surface area contributed by atoms with Crippen LogP contribution in [0.4, 0.5) is 4.39 Å². The molecule has 0 aliphatic carbocycles. The van der Waals surface area contributed by atoms with E-state index >= 15 is 0 Å². The van der Waals surface area contributed by atoms with Crippen molar-refractivity contribution < 1.29 is 4.39 Å². The van der Waals surface area contributed by atoms with E-state index in [9.17, 15) is 4.39 Å². The van der Waals surface area contributed by atoms with Crippen molar-refractivity contribution in [1.29, 1.82) is 0 Å². The van der Waals surface area contributed by atoms with Crippen LogP contribution in [-0.2, 0) is 6.42 Å². The van der Waals surface area contributed by atoms with Crippen molar-refractivity contribution in [2.45, 2.75) is 26.2 Å². The first-order valence-corrected chi connectivity index (χ1v) is 7.11. The van der Waals surface area contributed by atoms with Crippen molar-refractivity contribution in [1.82, 2.24) is 4.90 Å². The summed E-state index contributed by atoms with van der Waals surface area (Å²) in [5.74, 6) is 0.662. The molecular weight excluding hydrogens is 281 g/mol. The van der Waals surface area contributed by atoms with E-state index in [0.717, 1.165) is 28.9 Å². The molecule has 1 aromatic carbocycles. The lowest BCUT2D eigenvalue weighted by atomic mass is 10.00. The largest absolute Gasteiger partial charge is 0.303 e. The molecule has 0 saturated carbocycles. The summed E-state index contributed by atoms with van der Waals surface area (Å²) < 4.78 is 14.2. The lowest BCUT2D eigenvalue weighted by molar-refractivity contribution is 0.186. The Morgan fingerprint density at radius 1 is 1.47 bits per heavy atom. The molecule has 1 unspecified atom stereocenters. The monoisotopic (exact) mass is 299 g/mol. The fourth-order valence-corrected chi connectivity index (χ4v) is 2.95. The molecule has 1 aliphatic heterocycles. The molecule has 0 spiro atoms. The highest BCUT2D eigenvalue weighted by Crippen LogP contribution is 2.20. The van der Waals surface area contributed by atoms with Gasteiger partial charge in [-0.3, -0.25) is 0 Å². The standard InChI is InChI=1S/C14H19BrFN/c1-11-3-2-7-17(10-11)8-6-12-9-13(16)4-5-14(12)15/h4-5,9,11H,2-3,6-8,10H2,1H3. The predicted molar refractivity (Wildman–Crippen MR) is 72.6 cm³/mol. The Labute approximate surface area is 111 Å². The van der Waals surface area contributed by atoms with Gasteiger partial charge in [-0.1, -0.05) is 22.9 Å². The van der Waals surface area contributed by atoms with E-state index in [1.54, 1.807) is 12.1 Å². The van der Waals surface area contributed by atoms with Gasteiger partial charge >= 0.3 is 0 Å². The number of benzene rings is 1. The highest BCUT2D eigenvalue weighted by atomic mass is 79.9. The first-order valence-electron chi connectivity index (χ1n) is 6.31. The SMILES string of the molecule is CC1CCCN(CCc2cc(F)ccc2Br)C1. The third-order valence-corrected chi connectivity index (χ3v) is 4.22. The molecule has 94 valence electrons. The molecule has 1 atom stereocenters. The Kier molecular flexibility index (Phi) is 4.57. The predicted octanol–water partition coefficient (Wildman–Crippen LogP) is 3.86. The molecule has 1 aliphatic rings. The minimum atomic E-state index is -0.143. The van der Waals surface area contributed by atoms with Gasteiger partial charge in [0.25, 0.3) is 0 Å². The maximum atomic E-state index is 13.1. The summed E-state index contributed by atoms with van der Waals surface area (Å²) in [6, 6.07) is 4.93. The van der Waals surface area contributed by atoms with Crippen molar-refractivity contribution >= 4 is 15.9 Å². The minimum Gasteiger partial charge on any atom is -0.303 e. The van der Waals surface area contributed by atoms with Crippen LogP contribution in [0.2, 0.25) is 0 Å². The number of rotatable bonds is 3. The maximum Gasteiger partial charge on any atom is 0.123 e. The fraction of sp³-hybridized carbons (Fsp3) is 0.571. The Balaban J connectivity index is 1.90. The van der Waals surface area contributed by atoms with Crippen LogP contribution in [0.3, 0.4) is 0 Å². The van der Waals surface area contributed by atoms with Gasteiger partial charge in [0.15, 0.2) is 0 Å². The van der Waals surface area contributed by atoms with Crippen LogP contribution in [0.15, 0.2) is 22.7 Å². The zero-order valence-electron chi connectivity index (χ0n) is 10.3. The summed E-state index contributed by atoms with van der Waals surface area (Å²) in [7, 11) is 0. The normalized spacial score (nSPS) is 21.7. The topological polar surface area (TPSA) is 3.24 Å². The van der Waals surface area contributed by atoms with Crippen molar-refractivity contribution in [3.8, 4) is 0 Å². The molecule has 0 aromatic heterocycles. The van der Waals surface area contributed by atoms with Gasteiger partial charge < -0.3 is 4.90 Å². The summed E-state index contributed by atoms with van der Waals surface area (Å²) in [4.78, 5) is 2.49. The average Bonchev–Trinajstić information content (AvgIpc) is 2.30. The molecule has 1 nitrogen and oxygen atoms in total. The van der Waals surface area contributed by atoms with Crippen LogP contribution >= 0.6 is 15.9 Å². The van der Waals surface area contributed by atoms with Gasteiger partial charge in [-0.2, -0.15) is 0 Å². The third kappa shape index (κ3) is 3.78.